The molecule has 0 saturated carbocycles. The van der Waals surface area contributed by atoms with E-state index in [1.54, 1.807) is 42.1 Å². The number of halogens is 1. The summed E-state index contributed by atoms with van der Waals surface area (Å²) in [4.78, 5) is 41.5. The van der Waals surface area contributed by atoms with Crippen LogP contribution in [-0.4, -0.2) is 33.7 Å². The molecule has 0 radical (unpaired) electrons. The van der Waals surface area contributed by atoms with E-state index < -0.39 is 12.0 Å². The second-order valence-electron chi connectivity index (χ2n) is 9.35. The van der Waals surface area contributed by atoms with E-state index in [0.717, 1.165) is 11.1 Å². The van der Waals surface area contributed by atoms with Crippen LogP contribution in [0.1, 0.15) is 36.8 Å². The molecule has 222 valence electrons. The van der Waals surface area contributed by atoms with Crippen LogP contribution in [-0.2, 0) is 9.53 Å². The van der Waals surface area contributed by atoms with Crippen molar-refractivity contribution in [3.05, 3.63) is 126 Å². The van der Waals surface area contributed by atoms with Gasteiger partial charge in [0.15, 0.2) is 15.1 Å². The third-order valence-electron chi connectivity index (χ3n) is 6.55. The molecule has 9 nitrogen and oxygen atoms in total. The lowest BCUT2D eigenvalue weighted by Gasteiger charge is -2.26. The Kier molecular flexibility index (Phi) is 8.91. The number of furan rings is 1. The smallest absolute Gasteiger partial charge is 0.338 e. The predicted octanol–water partition coefficient (Wildman–Crippen LogP) is 5.63. The first-order valence-corrected chi connectivity index (χ1v) is 16.1. The van der Waals surface area contributed by atoms with Gasteiger partial charge in [0, 0.05) is 24.0 Å². The van der Waals surface area contributed by atoms with Gasteiger partial charge >= 0.3 is 5.97 Å². The third-order valence-corrected chi connectivity index (χ3v) is 9.27. The fraction of sp³-hybridized carbons (Fsp3) is 0.156. The zero-order chi connectivity index (χ0) is 30.6. The Morgan fingerprint density at radius 1 is 1.07 bits per heavy atom. The lowest BCUT2D eigenvalue weighted by molar-refractivity contribution is -0.138. The molecule has 1 atom stereocenters. The average Bonchev–Trinajstić information content (AvgIpc) is 3.55. The average molecular weight is 690 g/mol. The van der Waals surface area contributed by atoms with E-state index in [-0.39, 0.29) is 17.7 Å². The molecule has 3 aromatic heterocycles. The first-order chi connectivity index (χ1) is 21.5. The van der Waals surface area contributed by atoms with Crippen molar-refractivity contribution in [2.24, 2.45) is 4.99 Å². The quantitative estimate of drug-likeness (QED) is 0.145. The highest BCUT2D eigenvalue weighted by Crippen LogP contribution is 2.36. The molecular weight excluding hydrogens is 664 g/mol. The summed E-state index contributed by atoms with van der Waals surface area (Å²) in [5, 5.41) is 1.09. The second kappa shape index (κ2) is 13.2. The molecule has 12 heteroatoms. The lowest BCUT2D eigenvalue weighted by atomic mass is 9.93. The number of esters is 1. The van der Waals surface area contributed by atoms with E-state index in [1.807, 2.05) is 61.5 Å². The molecular formula is C32H25BrN4O5S2. The monoisotopic (exact) mass is 688 g/mol. The Hall–Kier alpha value is -4.26. The van der Waals surface area contributed by atoms with Gasteiger partial charge in [-0.15, -0.1) is 0 Å². The van der Waals surface area contributed by atoms with Crippen molar-refractivity contribution in [1.29, 1.82) is 0 Å². The number of hydrogen-bond donors (Lipinski definition) is 0. The second-order valence-corrected chi connectivity index (χ2v) is 12.2. The van der Waals surface area contributed by atoms with Gasteiger partial charge in [0.2, 0.25) is 0 Å². The first-order valence-electron chi connectivity index (χ1n) is 13.7. The molecule has 6 rings (SSSR count). The van der Waals surface area contributed by atoms with Crippen molar-refractivity contribution in [3.63, 3.8) is 0 Å². The van der Waals surface area contributed by atoms with Crippen molar-refractivity contribution in [2.45, 2.75) is 30.1 Å². The molecule has 0 N–H and O–H groups in total. The van der Waals surface area contributed by atoms with Gasteiger partial charge in [0.1, 0.15) is 11.5 Å². The molecule has 0 bridgehead atoms. The zero-order valence-corrected chi connectivity index (χ0v) is 26.8. The first kappa shape index (κ1) is 29.8. The van der Waals surface area contributed by atoms with E-state index in [0.29, 0.717) is 47.9 Å². The highest BCUT2D eigenvalue weighted by atomic mass is 79.9. The summed E-state index contributed by atoms with van der Waals surface area (Å²) in [6, 6.07) is 19.5. The molecule has 44 heavy (non-hydrogen) atoms. The van der Waals surface area contributed by atoms with Crippen molar-refractivity contribution in [2.75, 3.05) is 13.2 Å². The van der Waals surface area contributed by atoms with Gasteiger partial charge in [0.25, 0.3) is 5.56 Å². The maximum atomic E-state index is 14.1. The van der Waals surface area contributed by atoms with Crippen LogP contribution in [0.2, 0.25) is 0 Å². The number of fused-ring (bicyclic) bond motifs is 1. The fourth-order valence-electron chi connectivity index (χ4n) is 4.73. The van der Waals surface area contributed by atoms with Gasteiger partial charge in [-0.2, -0.15) is 0 Å². The van der Waals surface area contributed by atoms with E-state index in [4.69, 9.17) is 18.9 Å². The minimum atomic E-state index is -0.789. The normalized spacial score (nSPS) is 14.7. The van der Waals surface area contributed by atoms with Crippen LogP contribution in [0, 0.1) is 0 Å². The Morgan fingerprint density at radius 2 is 1.82 bits per heavy atom. The van der Waals surface area contributed by atoms with Crippen molar-refractivity contribution >= 4 is 56.8 Å². The molecule has 0 spiro atoms. The number of hydrogen-bond acceptors (Lipinski definition) is 10. The van der Waals surface area contributed by atoms with E-state index in [9.17, 15) is 9.59 Å². The van der Waals surface area contributed by atoms with Gasteiger partial charge in [-0.1, -0.05) is 53.8 Å². The van der Waals surface area contributed by atoms with Crippen molar-refractivity contribution in [3.8, 4) is 5.75 Å². The SMILES string of the molecule is CCOC(=O)C1=C(c2ccccc2)N=c2s/c(=C\c3cc(Br)c(Sc4ncccn4)o3)c(=O)n2[C@H]1c1ccc(OCC)cc1. The van der Waals surface area contributed by atoms with Crippen molar-refractivity contribution < 1.29 is 18.7 Å². The van der Waals surface area contributed by atoms with Gasteiger partial charge in [0.05, 0.1) is 39.5 Å². The van der Waals surface area contributed by atoms with Crippen LogP contribution in [0.4, 0.5) is 0 Å². The topological polar surface area (TPSA) is 109 Å². The van der Waals surface area contributed by atoms with Gasteiger partial charge in [-0.3, -0.25) is 9.36 Å². The zero-order valence-electron chi connectivity index (χ0n) is 23.6. The summed E-state index contributed by atoms with van der Waals surface area (Å²) in [6.07, 6.45) is 4.99. The molecule has 4 heterocycles. The molecule has 5 aromatic rings. The maximum Gasteiger partial charge on any atom is 0.338 e. The summed E-state index contributed by atoms with van der Waals surface area (Å²) in [6.45, 7) is 4.35. The predicted molar refractivity (Wildman–Crippen MR) is 171 cm³/mol. The lowest BCUT2D eigenvalue weighted by Crippen LogP contribution is -2.40. The molecule has 1 aliphatic rings. The van der Waals surface area contributed by atoms with Crippen LogP contribution in [0.5, 0.6) is 5.75 Å². The van der Waals surface area contributed by atoms with Crippen molar-refractivity contribution in [1.82, 2.24) is 14.5 Å². The van der Waals surface area contributed by atoms with E-state index in [2.05, 4.69) is 25.9 Å². The highest BCUT2D eigenvalue weighted by Gasteiger charge is 2.35. The minimum Gasteiger partial charge on any atom is -0.494 e. The Balaban J connectivity index is 1.53. The number of thiazole rings is 1. The summed E-state index contributed by atoms with van der Waals surface area (Å²) in [7, 11) is 0. The summed E-state index contributed by atoms with van der Waals surface area (Å²) >= 11 is 6.02. The molecule has 2 aromatic carbocycles. The number of carbonyl (C=O) groups excluding carboxylic acids is 1. The van der Waals surface area contributed by atoms with E-state index >= 15 is 0 Å². The molecule has 0 fully saturated rings. The molecule has 0 unspecified atom stereocenters. The standard InChI is InChI=1S/C32H25BrN4O5S2/c1-3-40-21-13-11-20(12-14-21)27-25(29(39)41-4-2)26(19-9-6-5-7-10-19)36-32-37(27)28(38)24(43-32)18-22-17-23(33)30(42-22)44-31-34-15-8-16-35-31/h5-18,27H,3-4H2,1-2H3/b24-18-/t27-/m0/s1. The molecule has 0 aliphatic carbocycles. The molecule has 0 amide bonds. The number of aromatic nitrogens is 3. The number of carbonyl (C=O) groups is 1. The maximum absolute atomic E-state index is 14.1. The summed E-state index contributed by atoms with van der Waals surface area (Å²) < 4.78 is 19.9. The van der Waals surface area contributed by atoms with Gasteiger partial charge < -0.3 is 13.9 Å². The van der Waals surface area contributed by atoms with Gasteiger partial charge in [-0.05, 0) is 71.4 Å². The Bertz CT molecular complexity index is 2020. The minimum absolute atomic E-state index is 0.173. The van der Waals surface area contributed by atoms with Crippen LogP contribution >= 0.6 is 39.0 Å². The summed E-state index contributed by atoms with van der Waals surface area (Å²) in [5.41, 5.74) is 1.88. The number of ether oxygens (including phenoxy) is 2. The highest BCUT2D eigenvalue weighted by molar-refractivity contribution is 9.10. The third kappa shape index (κ3) is 6.05. The van der Waals surface area contributed by atoms with Crippen LogP contribution in [0.15, 0.2) is 114 Å². The Labute approximate surface area is 268 Å². The number of rotatable bonds is 9. The fourth-order valence-corrected chi connectivity index (χ4v) is 6.95. The Morgan fingerprint density at radius 3 is 2.52 bits per heavy atom. The molecule has 1 aliphatic heterocycles. The van der Waals surface area contributed by atoms with Crippen LogP contribution in [0.25, 0.3) is 11.8 Å². The van der Waals surface area contributed by atoms with Crippen LogP contribution < -0.4 is 19.6 Å². The summed E-state index contributed by atoms with van der Waals surface area (Å²) in [5.74, 6) is 0.612. The largest absolute Gasteiger partial charge is 0.494 e. The van der Waals surface area contributed by atoms with E-state index in [1.165, 1.54) is 23.1 Å². The van der Waals surface area contributed by atoms with Crippen LogP contribution in [0.3, 0.4) is 0 Å². The number of nitrogens with zero attached hydrogens (tertiary/aromatic N) is 4. The molecule has 0 saturated heterocycles. The number of benzene rings is 2. The van der Waals surface area contributed by atoms with Gasteiger partial charge in [-0.25, -0.2) is 19.8 Å².